The third-order valence-corrected chi connectivity index (χ3v) is 3.39. The van der Waals surface area contributed by atoms with Crippen molar-refractivity contribution < 1.29 is 14.7 Å². The van der Waals surface area contributed by atoms with Crippen molar-refractivity contribution in [3.63, 3.8) is 0 Å². The first-order valence-corrected chi connectivity index (χ1v) is 7.03. The summed E-state index contributed by atoms with van der Waals surface area (Å²) in [5.41, 5.74) is 0.863. The molecule has 0 saturated carbocycles. The fraction of sp³-hybridized carbons (Fsp3) is 0.133. The zero-order valence-corrected chi connectivity index (χ0v) is 12.8. The molecule has 0 saturated heterocycles. The van der Waals surface area contributed by atoms with Crippen molar-refractivity contribution in [2.24, 2.45) is 0 Å². The van der Waals surface area contributed by atoms with E-state index in [0.29, 0.717) is 0 Å². The number of rotatable bonds is 4. The van der Waals surface area contributed by atoms with Crippen LogP contribution in [0.3, 0.4) is 0 Å². The third-order valence-electron chi connectivity index (χ3n) is 2.90. The lowest BCUT2D eigenvalue weighted by Gasteiger charge is -2.14. The monoisotopic (exact) mass is 348 g/mol. The van der Waals surface area contributed by atoms with Gasteiger partial charge >= 0.3 is 5.97 Å². The molecule has 21 heavy (non-hydrogen) atoms. The molecule has 0 bridgehead atoms. The van der Waals surface area contributed by atoms with Crippen LogP contribution in [0, 0.1) is 0 Å². The van der Waals surface area contributed by atoms with E-state index in [1.165, 1.54) is 18.2 Å². The van der Waals surface area contributed by atoms with Crippen molar-refractivity contribution in [3.8, 4) is 0 Å². The van der Waals surface area contributed by atoms with E-state index in [9.17, 15) is 9.59 Å². The molecule has 1 aromatic heterocycles. The van der Waals surface area contributed by atoms with E-state index >= 15 is 0 Å². The number of carbonyl (C=O) groups excluding carboxylic acids is 1. The van der Waals surface area contributed by atoms with Crippen LogP contribution >= 0.6 is 15.9 Å². The van der Waals surface area contributed by atoms with E-state index in [-0.39, 0.29) is 17.4 Å². The summed E-state index contributed by atoms with van der Waals surface area (Å²) < 4.78 is 0.923. The number of aromatic nitrogens is 1. The van der Waals surface area contributed by atoms with Gasteiger partial charge in [-0.3, -0.25) is 4.79 Å². The van der Waals surface area contributed by atoms with Gasteiger partial charge in [0.25, 0.3) is 5.91 Å². The van der Waals surface area contributed by atoms with Crippen molar-refractivity contribution in [2.75, 3.05) is 0 Å². The first kappa shape index (κ1) is 15.2. The number of aromatic carboxylic acids is 1. The minimum absolute atomic E-state index is 0.0803. The Bertz CT molecular complexity index is 688. The SMILES string of the molecule is CC(NC(=O)c1cccc(C(=O)O)n1)c1cccc(Br)c1. The highest BCUT2D eigenvalue weighted by atomic mass is 79.9. The summed E-state index contributed by atoms with van der Waals surface area (Å²) in [6.07, 6.45) is 0. The summed E-state index contributed by atoms with van der Waals surface area (Å²) in [6, 6.07) is 11.7. The molecule has 0 fully saturated rings. The maximum absolute atomic E-state index is 12.1. The molecular weight excluding hydrogens is 336 g/mol. The number of carboxylic acids is 1. The Balaban J connectivity index is 2.14. The highest BCUT2D eigenvalue weighted by Crippen LogP contribution is 2.18. The van der Waals surface area contributed by atoms with Gasteiger partial charge < -0.3 is 10.4 Å². The largest absolute Gasteiger partial charge is 0.477 e. The topological polar surface area (TPSA) is 79.3 Å². The van der Waals surface area contributed by atoms with Crippen LogP contribution in [0.1, 0.15) is 39.5 Å². The lowest BCUT2D eigenvalue weighted by molar-refractivity contribution is 0.0690. The summed E-state index contributed by atoms with van der Waals surface area (Å²) in [6.45, 7) is 1.85. The molecule has 1 unspecified atom stereocenters. The van der Waals surface area contributed by atoms with E-state index in [4.69, 9.17) is 5.11 Å². The highest BCUT2D eigenvalue weighted by molar-refractivity contribution is 9.10. The zero-order valence-electron chi connectivity index (χ0n) is 11.2. The molecule has 1 heterocycles. The Hall–Kier alpha value is -2.21. The highest BCUT2D eigenvalue weighted by Gasteiger charge is 2.14. The Labute approximate surface area is 130 Å². The van der Waals surface area contributed by atoms with Crippen molar-refractivity contribution in [1.29, 1.82) is 0 Å². The number of nitrogens with zero attached hydrogens (tertiary/aromatic N) is 1. The normalized spacial score (nSPS) is 11.7. The van der Waals surface area contributed by atoms with E-state index in [0.717, 1.165) is 10.0 Å². The number of amides is 1. The van der Waals surface area contributed by atoms with E-state index in [1.54, 1.807) is 0 Å². The summed E-state index contributed by atoms with van der Waals surface area (Å²) in [5, 5.41) is 11.7. The summed E-state index contributed by atoms with van der Waals surface area (Å²) in [4.78, 5) is 26.8. The van der Waals surface area contributed by atoms with Gasteiger partial charge in [-0.2, -0.15) is 0 Å². The predicted octanol–water partition coefficient (Wildman–Crippen LogP) is 3.03. The van der Waals surface area contributed by atoms with Gasteiger partial charge in [-0.25, -0.2) is 9.78 Å². The molecule has 2 rings (SSSR count). The number of nitrogens with one attached hydrogen (secondary N) is 1. The Morgan fingerprint density at radius 1 is 1.19 bits per heavy atom. The number of carbonyl (C=O) groups is 2. The number of halogens is 1. The molecule has 0 aliphatic carbocycles. The average molecular weight is 349 g/mol. The molecule has 1 amide bonds. The number of carboxylic acid groups (broad SMARTS) is 1. The molecule has 5 nitrogen and oxygen atoms in total. The van der Waals surface area contributed by atoms with Gasteiger partial charge in [0.1, 0.15) is 11.4 Å². The second kappa shape index (κ2) is 6.49. The molecule has 108 valence electrons. The minimum atomic E-state index is -1.16. The zero-order chi connectivity index (χ0) is 15.4. The standard InChI is InChI=1S/C15H13BrN2O3/c1-9(10-4-2-5-11(16)8-10)17-14(19)12-6-3-7-13(18-12)15(20)21/h2-9H,1H3,(H,17,19)(H,20,21). The van der Waals surface area contributed by atoms with Crippen LogP contribution in [-0.2, 0) is 0 Å². The van der Waals surface area contributed by atoms with Crippen LogP contribution < -0.4 is 5.32 Å². The van der Waals surface area contributed by atoms with Crippen LogP contribution in [0.15, 0.2) is 46.9 Å². The van der Waals surface area contributed by atoms with E-state index in [1.807, 2.05) is 31.2 Å². The number of benzene rings is 1. The molecule has 6 heteroatoms. The summed E-state index contributed by atoms with van der Waals surface area (Å²) >= 11 is 3.38. The van der Waals surface area contributed by atoms with Gasteiger partial charge in [0.15, 0.2) is 0 Å². The van der Waals surface area contributed by atoms with Gasteiger partial charge in [0, 0.05) is 4.47 Å². The third kappa shape index (κ3) is 3.88. The molecule has 0 spiro atoms. The lowest BCUT2D eigenvalue weighted by atomic mass is 10.1. The number of hydrogen-bond donors (Lipinski definition) is 2. The second-order valence-electron chi connectivity index (χ2n) is 4.46. The molecule has 2 N–H and O–H groups in total. The molecular formula is C15H13BrN2O3. The van der Waals surface area contributed by atoms with E-state index < -0.39 is 11.9 Å². The van der Waals surface area contributed by atoms with E-state index in [2.05, 4.69) is 26.2 Å². The van der Waals surface area contributed by atoms with Crippen molar-refractivity contribution >= 4 is 27.8 Å². The summed E-state index contributed by atoms with van der Waals surface area (Å²) in [7, 11) is 0. The summed E-state index contributed by atoms with van der Waals surface area (Å²) in [5.74, 6) is -1.57. The molecule has 0 aliphatic heterocycles. The van der Waals surface area contributed by atoms with Crippen molar-refractivity contribution in [1.82, 2.24) is 10.3 Å². The maximum Gasteiger partial charge on any atom is 0.354 e. The fourth-order valence-electron chi connectivity index (χ4n) is 1.81. The Kier molecular flexibility index (Phi) is 4.70. The Morgan fingerprint density at radius 3 is 2.52 bits per heavy atom. The number of hydrogen-bond acceptors (Lipinski definition) is 3. The van der Waals surface area contributed by atoms with Crippen LogP contribution in [-0.4, -0.2) is 22.0 Å². The van der Waals surface area contributed by atoms with Gasteiger partial charge in [0.05, 0.1) is 6.04 Å². The van der Waals surface area contributed by atoms with Crippen LogP contribution in [0.25, 0.3) is 0 Å². The van der Waals surface area contributed by atoms with Gasteiger partial charge in [0.2, 0.25) is 0 Å². The van der Waals surface area contributed by atoms with Crippen molar-refractivity contribution in [3.05, 3.63) is 63.9 Å². The lowest BCUT2D eigenvalue weighted by Crippen LogP contribution is -2.27. The van der Waals surface area contributed by atoms with Gasteiger partial charge in [-0.15, -0.1) is 0 Å². The minimum Gasteiger partial charge on any atom is -0.477 e. The molecule has 1 aromatic carbocycles. The first-order chi connectivity index (χ1) is 9.97. The fourth-order valence-corrected chi connectivity index (χ4v) is 2.23. The van der Waals surface area contributed by atoms with Crippen LogP contribution in [0.2, 0.25) is 0 Å². The second-order valence-corrected chi connectivity index (χ2v) is 5.38. The molecule has 1 atom stereocenters. The van der Waals surface area contributed by atoms with Gasteiger partial charge in [-0.1, -0.05) is 34.1 Å². The predicted molar refractivity (Wildman–Crippen MR) is 81.2 cm³/mol. The quantitative estimate of drug-likeness (QED) is 0.889. The van der Waals surface area contributed by atoms with Gasteiger partial charge in [-0.05, 0) is 36.8 Å². The first-order valence-electron chi connectivity index (χ1n) is 6.24. The molecule has 2 aromatic rings. The smallest absolute Gasteiger partial charge is 0.354 e. The number of pyridine rings is 1. The van der Waals surface area contributed by atoms with Crippen LogP contribution in [0.5, 0.6) is 0 Å². The Morgan fingerprint density at radius 2 is 1.86 bits per heavy atom. The average Bonchev–Trinajstić information content (AvgIpc) is 2.47. The van der Waals surface area contributed by atoms with Crippen LogP contribution in [0.4, 0.5) is 0 Å². The molecule has 0 aliphatic rings. The molecule has 0 radical (unpaired) electrons. The van der Waals surface area contributed by atoms with Crippen molar-refractivity contribution in [2.45, 2.75) is 13.0 Å². The maximum atomic E-state index is 12.1.